The van der Waals surface area contributed by atoms with E-state index in [1.54, 1.807) is 54.6 Å². The molecule has 4 aromatic carbocycles. The molecule has 0 aliphatic rings. The van der Waals surface area contributed by atoms with Crippen LogP contribution in [0, 0.1) is 13.8 Å². The molecule has 3 amide bonds. The van der Waals surface area contributed by atoms with Gasteiger partial charge in [-0.3, -0.25) is 14.4 Å². The van der Waals surface area contributed by atoms with Gasteiger partial charge >= 0.3 is 0 Å². The average Bonchev–Trinajstić information content (AvgIpc) is 3.51. The van der Waals surface area contributed by atoms with Gasteiger partial charge in [-0.25, -0.2) is 4.98 Å². The van der Waals surface area contributed by atoms with Crippen LogP contribution in [0.3, 0.4) is 0 Å². The molecule has 0 aliphatic carbocycles. The zero-order valence-electron chi connectivity index (χ0n) is 29.0. The number of amides is 3. The van der Waals surface area contributed by atoms with E-state index in [1.807, 2.05) is 57.2 Å². The van der Waals surface area contributed by atoms with E-state index in [4.69, 9.17) is 14.2 Å². The summed E-state index contributed by atoms with van der Waals surface area (Å²) in [5, 5.41) is 8.67. The van der Waals surface area contributed by atoms with E-state index in [9.17, 15) is 14.4 Å². The lowest BCUT2D eigenvalue weighted by atomic mass is 10.1. The Morgan fingerprint density at radius 2 is 1.45 bits per heavy atom. The highest BCUT2D eigenvalue weighted by molar-refractivity contribution is 8.00. The number of methoxy groups -OCH3 is 3. The Labute approximate surface area is 305 Å². The molecule has 1 aromatic heterocycles. The molecule has 5 rings (SSSR count). The first-order valence-corrected chi connectivity index (χ1v) is 17.6. The maximum Gasteiger partial charge on any atom is 0.272 e. The number of nitrogens with zero attached hydrogens (tertiary/aromatic N) is 1. The summed E-state index contributed by atoms with van der Waals surface area (Å²) >= 11 is 2.82. The second kappa shape index (κ2) is 16.9. The van der Waals surface area contributed by atoms with Crippen molar-refractivity contribution in [2.75, 3.05) is 32.0 Å². The highest BCUT2D eigenvalue weighted by Crippen LogP contribution is 2.36. The number of nitrogens with one attached hydrogen (secondary N) is 3. The van der Waals surface area contributed by atoms with Crippen LogP contribution < -0.4 is 30.2 Å². The fourth-order valence-corrected chi connectivity index (χ4v) is 6.68. The lowest BCUT2D eigenvalue weighted by Crippen LogP contribution is -2.30. The normalized spacial score (nSPS) is 11.7. The number of hydrogen-bond acceptors (Lipinski definition) is 9. The van der Waals surface area contributed by atoms with Crippen LogP contribution in [0.15, 0.2) is 102 Å². The van der Waals surface area contributed by atoms with Gasteiger partial charge in [0.1, 0.15) is 11.4 Å². The molecule has 0 saturated carbocycles. The van der Waals surface area contributed by atoms with Crippen LogP contribution in [0.4, 0.5) is 10.8 Å². The van der Waals surface area contributed by atoms with Gasteiger partial charge in [0.15, 0.2) is 16.6 Å². The molecule has 3 N–H and O–H groups in total. The Morgan fingerprint density at radius 1 is 0.804 bits per heavy atom. The van der Waals surface area contributed by atoms with Gasteiger partial charge in [0.2, 0.25) is 5.91 Å². The molecule has 0 saturated heterocycles. The van der Waals surface area contributed by atoms with E-state index in [1.165, 1.54) is 56.1 Å². The number of carbonyl (C=O) groups is 3. The molecule has 0 fully saturated rings. The summed E-state index contributed by atoms with van der Waals surface area (Å²) in [5.41, 5.74) is 4.35. The summed E-state index contributed by atoms with van der Waals surface area (Å²) < 4.78 is 16.4. The van der Waals surface area contributed by atoms with Gasteiger partial charge in [-0.15, -0.1) is 23.1 Å². The molecule has 12 heteroatoms. The number of benzene rings is 4. The van der Waals surface area contributed by atoms with Crippen LogP contribution in [-0.2, 0) is 9.59 Å². The van der Waals surface area contributed by atoms with Gasteiger partial charge in [-0.1, -0.05) is 48.0 Å². The zero-order chi connectivity index (χ0) is 36.5. The highest BCUT2D eigenvalue weighted by atomic mass is 32.2. The summed E-state index contributed by atoms with van der Waals surface area (Å²) in [6.45, 7) is 5.85. The minimum atomic E-state index is -0.562. The first kappa shape index (κ1) is 36.7. The number of aromatic nitrogens is 1. The standard InChI is InChI=1S/C39H38N4O6S2/c1-23-12-14-26(15-13-23)35-24(2)51-39(42-35)43-36(44)25(3)50-30-18-16-29(17-19-30)40-38(46)31(41-37(45)27-10-8-7-9-11-27)20-28-21-33(48-5)34(49-6)22-32(28)47-4/h7-22,25H,1-6H3,(H,40,46)(H,41,45)(H,42,43,44)/b31-20-. The van der Waals surface area contributed by atoms with E-state index < -0.39 is 17.1 Å². The lowest BCUT2D eigenvalue weighted by Gasteiger charge is -2.15. The van der Waals surface area contributed by atoms with E-state index in [0.717, 1.165) is 21.0 Å². The molecular weight excluding hydrogens is 685 g/mol. The van der Waals surface area contributed by atoms with Crippen molar-refractivity contribution < 1.29 is 28.6 Å². The second-order valence-corrected chi connectivity index (χ2v) is 14.0. The molecule has 0 spiro atoms. The molecule has 10 nitrogen and oxygen atoms in total. The summed E-state index contributed by atoms with van der Waals surface area (Å²) in [7, 11) is 4.51. The van der Waals surface area contributed by atoms with E-state index in [0.29, 0.717) is 39.2 Å². The third-order valence-corrected chi connectivity index (χ3v) is 9.71. The molecule has 1 atom stereocenters. The number of hydrogen-bond donors (Lipinski definition) is 3. The van der Waals surface area contributed by atoms with Crippen LogP contribution in [0.25, 0.3) is 17.3 Å². The van der Waals surface area contributed by atoms with Crippen LogP contribution in [0.5, 0.6) is 17.2 Å². The Bertz CT molecular complexity index is 2050. The Balaban J connectivity index is 1.28. The second-order valence-electron chi connectivity index (χ2n) is 11.3. The van der Waals surface area contributed by atoms with Crippen molar-refractivity contribution in [1.29, 1.82) is 0 Å². The van der Waals surface area contributed by atoms with Crippen molar-refractivity contribution >= 4 is 57.7 Å². The van der Waals surface area contributed by atoms with Gasteiger partial charge in [-0.05, 0) is 69.3 Å². The number of ether oxygens (including phenoxy) is 3. The summed E-state index contributed by atoms with van der Waals surface area (Å²) in [5.74, 6) is 0.0755. The van der Waals surface area contributed by atoms with Crippen molar-refractivity contribution in [3.63, 3.8) is 0 Å². The first-order valence-electron chi connectivity index (χ1n) is 15.9. The predicted octanol–water partition coefficient (Wildman–Crippen LogP) is 7.98. The van der Waals surface area contributed by atoms with Crippen molar-refractivity contribution in [3.8, 4) is 28.5 Å². The van der Waals surface area contributed by atoms with Crippen molar-refractivity contribution in [1.82, 2.24) is 10.3 Å². The van der Waals surface area contributed by atoms with Gasteiger partial charge < -0.3 is 30.2 Å². The zero-order valence-corrected chi connectivity index (χ0v) is 30.7. The molecule has 0 radical (unpaired) electrons. The van der Waals surface area contributed by atoms with Crippen molar-refractivity contribution in [2.45, 2.75) is 30.9 Å². The van der Waals surface area contributed by atoms with Crippen LogP contribution >= 0.6 is 23.1 Å². The highest BCUT2D eigenvalue weighted by Gasteiger charge is 2.20. The topological polar surface area (TPSA) is 128 Å². The molecule has 1 heterocycles. The van der Waals surface area contributed by atoms with Gasteiger partial charge in [0.05, 0.1) is 32.3 Å². The van der Waals surface area contributed by atoms with E-state index in [2.05, 4.69) is 20.9 Å². The van der Waals surface area contributed by atoms with Crippen molar-refractivity contribution in [3.05, 3.63) is 118 Å². The summed E-state index contributed by atoms with van der Waals surface area (Å²) in [4.78, 5) is 46.4. The number of thiazole rings is 1. The summed E-state index contributed by atoms with van der Waals surface area (Å²) in [6, 6.07) is 27.1. The molecular formula is C39H38N4O6S2. The first-order chi connectivity index (χ1) is 24.6. The Hall–Kier alpha value is -5.59. The number of anilines is 2. The Morgan fingerprint density at radius 3 is 2.10 bits per heavy atom. The quantitative estimate of drug-likeness (QED) is 0.0825. The van der Waals surface area contributed by atoms with Gasteiger partial charge in [-0.2, -0.15) is 0 Å². The number of rotatable bonds is 13. The van der Waals surface area contributed by atoms with E-state index >= 15 is 0 Å². The fraction of sp³-hybridized carbons (Fsp3) is 0.179. The minimum Gasteiger partial charge on any atom is -0.496 e. The minimum absolute atomic E-state index is 0.0268. The van der Waals surface area contributed by atoms with Crippen LogP contribution in [-0.4, -0.2) is 49.3 Å². The fourth-order valence-electron chi connectivity index (χ4n) is 4.97. The van der Waals surface area contributed by atoms with E-state index in [-0.39, 0.29) is 11.6 Å². The largest absolute Gasteiger partial charge is 0.496 e. The third-order valence-electron chi connectivity index (χ3n) is 7.71. The number of thioether (sulfide) groups is 1. The Kier molecular flexibility index (Phi) is 12.1. The van der Waals surface area contributed by atoms with Gasteiger partial charge in [0.25, 0.3) is 11.8 Å². The monoisotopic (exact) mass is 722 g/mol. The molecule has 0 bridgehead atoms. The third kappa shape index (κ3) is 9.35. The molecule has 5 aromatic rings. The lowest BCUT2D eigenvalue weighted by molar-refractivity contribution is -0.115. The molecule has 1 unspecified atom stereocenters. The smallest absolute Gasteiger partial charge is 0.272 e. The molecule has 51 heavy (non-hydrogen) atoms. The predicted molar refractivity (Wildman–Crippen MR) is 204 cm³/mol. The van der Waals surface area contributed by atoms with Crippen molar-refractivity contribution in [2.24, 2.45) is 0 Å². The van der Waals surface area contributed by atoms with Gasteiger partial charge in [0, 0.05) is 38.2 Å². The summed E-state index contributed by atoms with van der Waals surface area (Å²) in [6.07, 6.45) is 1.51. The average molecular weight is 723 g/mol. The molecule has 262 valence electrons. The maximum atomic E-state index is 13.7. The SMILES string of the molecule is COc1cc(OC)c(OC)cc1/C=C(\NC(=O)c1ccccc1)C(=O)Nc1ccc(SC(C)C(=O)Nc2nc(-c3ccc(C)cc3)c(C)s2)cc1. The van der Waals surface area contributed by atoms with Crippen LogP contribution in [0.2, 0.25) is 0 Å². The van der Waals surface area contributed by atoms with Crippen LogP contribution in [0.1, 0.15) is 33.3 Å². The number of aryl methyl sites for hydroxylation is 2. The maximum absolute atomic E-state index is 13.7. The molecule has 0 aliphatic heterocycles. The number of carbonyl (C=O) groups excluding carboxylic acids is 3.